The lowest BCUT2D eigenvalue weighted by Crippen LogP contribution is -2.46. The lowest BCUT2D eigenvalue weighted by atomic mass is 10.2. The molecular weight excluding hydrogens is 264 g/mol. The maximum Gasteiger partial charge on any atom is 0.238 e. The summed E-state index contributed by atoms with van der Waals surface area (Å²) >= 11 is 0. The van der Waals surface area contributed by atoms with Crippen molar-refractivity contribution in [1.29, 1.82) is 0 Å². The van der Waals surface area contributed by atoms with Crippen LogP contribution in [0.15, 0.2) is 42.5 Å². The van der Waals surface area contributed by atoms with Crippen LogP contribution in [0.3, 0.4) is 0 Å². The van der Waals surface area contributed by atoms with Gasteiger partial charge in [-0.1, -0.05) is 18.2 Å². The van der Waals surface area contributed by atoms with Gasteiger partial charge in [0.25, 0.3) is 0 Å². The van der Waals surface area contributed by atoms with Gasteiger partial charge in [0.05, 0.1) is 12.8 Å². The molecule has 0 spiro atoms. The van der Waals surface area contributed by atoms with Crippen molar-refractivity contribution < 1.29 is 4.74 Å². The van der Waals surface area contributed by atoms with E-state index < -0.39 is 0 Å². The van der Waals surface area contributed by atoms with E-state index in [1.807, 2.05) is 18.2 Å². The minimum absolute atomic E-state index is 0.498. The number of ether oxygens (including phenoxy) is 1. The zero-order valence-corrected chi connectivity index (χ0v) is 12.2. The van der Waals surface area contributed by atoms with Crippen molar-refractivity contribution in [3.8, 4) is 5.88 Å². The standard InChI is InChI=1S/C16H20N4O/c1-21-16-14(17)7-8-15(18-16)20-11-9-19(10-12-20)13-5-3-2-4-6-13/h2-8H,9-12,17H2,1H3. The SMILES string of the molecule is COc1nc(N2CCN(c3ccccc3)CC2)ccc1N. The van der Waals surface area contributed by atoms with Gasteiger partial charge >= 0.3 is 0 Å². The Morgan fingerprint density at radius 3 is 2.29 bits per heavy atom. The first-order valence-corrected chi connectivity index (χ1v) is 7.13. The fraction of sp³-hybridized carbons (Fsp3) is 0.312. The molecule has 0 unspecified atom stereocenters. The van der Waals surface area contributed by atoms with E-state index in [0.29, 0.717) is 11.6 Å². The van der Waals surface area contributed by atoms with Crippen molar-refractivity contribution in [3.63, 3.8) is 0 Å². The molecule has 0 saturated carbocycles. The number of para-hydroxylation sites is 1. The molecule has 5 nitrogen and oxygen atoms in total. The molecule has 0 bridgehead atoms. The van der Waals surface area contributed by atoms with E-state index in [2.05, 4.69) is 39.0 Å². The summed E-state index contributed by atoms with van der Waals surface area (Å²) in [6, 6.07) is 14.3. The third-order valence-corrected chi connectivity index (χ3v) is 3.79. The molecule has 5 heteroatoms. The number of pyridine rings is 1. The molecule has 2 heterocycles. The molecule has 1 fully saturated rings. The van der Waals surface area contributed by atoms with Crippen LogP contribution in [0.2, 0.25) is 0 Å². The third kappa shape index (κ3) is 2.86. The quantitative estimate of drug-likeness (QED) is 0.934. The molecule has 21 heavy (non-hydrogen) atoms. The van der Waals surface area contributed by atoms with Crippen molar-refractivity contribution in [1.82, 2.24) is 4.98 Å². The van der Waals surface area contributed by atoms with Gasteiger partial charge in [-0.05, 0) is 24.3 Å². The Kier molecular flexibility index (Phi) is 3.81. The van der Waals surface area contributed by atoms with Crippen LogP contribution in [0.5, 0.6) is 5.88 Å². The van der Waals surface area contributed by atoms with Crippen molar-refractivity contribution in [2.24, 2.45) is 0 Å². The lowest BCUT2D eigenvalue weighted by Gasteiger charge is -2.36. The first kappa shape index (κ1) is 13.5. The zero-order chi connectivity index (χ0) is 14.7. The summed E-state index contributed by atoms with van der Waals surface area (Å²) in [7, 11) is 1.59. The molecule has 0 amide bonds. The normalized spacial score (nSPS) is 15.1. The summed E-state index contributed by atoms with van der Waals surface area (Å²) in [6.45, 7) is 3.85. The van der Waals surface area contributed by atoms with E-state index in [1.165, 1.54) is 5.69 Å². The number of hydrogen-bond acceptors (Lipinski definition) is 5. The molecule has 2 aromatic rings. The van der Waals surface area contributed by atoms with E-state index in [1.54, 1.807) is 7.11 Å². The summed E-state index contributed by atoms with van der Waals surface area (Å²) in [5, 5.41) is 0. The van der Waals surface area contributed by atoms with Crippen LogP contribution in [-0.4, -0.2) is 38.3 Å². The monoisotopic (exact) mass is 284 g/mol. The van der Waals surface area contributed by atoms with E-state index >= 15 is 0 Å². The van der Waals surface area contributed by atoms with Crippen LogP contribution in [0.25, 0.3) is 0 Å². The number of piperazine rings is 1. The van der Waals surface area contributed by atoms with Gasteiger partial charge in [-0.25, -0.2) is 0 Å². The molecule has 110 valence electrons. The number of methoxy groups -OCH3 is 1. The summed E-state index contributed by atoms with van der Waals surface area (Å²) in [5.41, 5.74) is 7.66. The Bertz CT molecular complexity index is 594. The van der Waals surface area contributed by atoms with Gasteiger partial charge in [0.2, 0.25) is 5.88 Å². The van der Waals surface area contributed by atoms with Crippen molar-refractivity contribution in [3.05, 3.63) is 42.5 Å². The Morgan fingerprint density at radius 1 is 0.952 bits per heavy atom. The highest BCUT2D eigenvalue weighted by molar-refractivity contribution is 5.55. The van der Waals surface area contributed by atoms with E-state index in [0.717, 1.165) is 32.0 Å². The summed E-state index contributed by atoms with van der Waals surface area (Å²) < 4.78 is 5.19. The summed E-state index contributed by atoms with van der Waals surface area (Å²) in [5.74, 6) is 1.42. The maximum atomic E-state index is 5.81. The second-order valence-electron chi connectivity index (χ2n) is 5.08. The topological polar surface area (TPSA) is 54.6 Å². The number of nitrogens with zero attached hydrogens (tertiary/aromatic N) is 3. The largest absolute Gasteiger partial charge is 0.479 e. The number of anilines is 3. The molecule has 1 aromatic carbocycles. The molecule has 1 aromatic heterocycles. The fourth-order valence-electron chi connectivity index (χ4n) is 2.61. The number of nitrogen functional groups attached to an aromatic ring is 1. The second-order valence-corrected chi connectivity index (χ2v) is 5.08. The summed E-state index contributed by atoms with van der Waals surface area (Å²) in [6.07, 6.45) is 0. The second kappa shape index (κ2) is 5.91. The average molecular weight is 284 g/mol. The highest BCUT2D eigenvalue weighted by atomic mass is 16.5. The minimum atomic E-state index is 0.498. The van der Waals surface area contributed by atoms with Crippen LogP contribution < -0.4 is 20.3 Å². The van der Waals surface area contributed by atoms with Crippen LogP contribution in [0.4, 0.5) is 17.2 Å². The molecule has 1 aliphatic rings. The molecule has 0 atom stereocenters. The van der Waals surface area contributed by atoms with Gasteiger partial charge in [-0.15, -0.1) is 0 Å². The van der Waals surface area contributed by atoms with Crippen molar-refractivity contribution in [2.45, 2.75) is 0 Å². The number of benzene rings is 1. The van der Waals surface area contributed by atoms with E-state index in [4.69, 9.17) is 10.5 Å². The van der Waals surface area contributed by atoms with Crippen LogP contribution in [0, 0.1) is 0 Å². The Balaban J connectivity index is 1.68. The number of aromatic nitrogens is 1. The molecule has 1 saturated heterocycles. The highest BCUT2D eigenvalue weighted by Crippen LogP contribution is 2.24. The molecular formula is C16H20N4O. The van der Waals surface area contributed by atoms with E-state index in [-0.39, 0.29) is 0 Å². The number of hydrogen-bond donors (Lipinski definition) is 1. The van der Waals surface area contributed by atoms with Gasteiger partial charge in [-0.3, -0.25) is 0 Å². The van der Waals surface area contributed by atoms with Crippen molar-refractivity contribution in [2.75, 3.05) is 48.8 Å². The van der Waals surface area contributed by atoms with Gasteiger partial charge in [0, 0.05) is 31.9 Å². The molecule has 1 aliphatic heterocycles. The molecule has 0 aliphatic carbocycles. The predicted octanol–water partition coefficient (Wildman–Crippen LogP) is 2.00. The Morgan fingerprint density at radius 2 is 1.62 bits per heavy atom. The fourth-order valence-corrected chi connectivity index (χ4v) is 2.61. The van der Waals surface area contributed by atoms with E-state index in [9.17, 15) is 0 Å². The molecule has 2 N–H and O–H groups in total. The zero-order valence-electron chi connectivity index (χ0n) is 12.2. The van der Waals surface area contributed by atoms with Gasteiger partial charge in [0.1, 0.15) is 5.82 Å². The van der Waals surface area contributed by atoms with Gasteiger partial charge < -0.3 is 20.3 Å². The lowest BCUT2D eigenvalue weighted by molar-refractivity contribution is 0.400. The van der Waals surface area contributed by atoms with Gasteiger partial charge in [0.15, 0.2) is 0 Å². The third-order valence-electron chi connectivity index (χ3n) is 3.79. The molecule has 0 radical (unpaired) electrons. The Labute approximate surface area is 125 Å². The molecule has 3 rings (SSSR count). The first-order valence-electron chi connectivity index (χ1n) is 7.13. The number of rotatable bonds is 3. The highest BCUT2D eigenvalue weighted by Gasteiger charge is 2.19. The maximum absolute atomic E-state index is 5.81. The summed E-state index contributed by atoms with van der Waals surface area (Å²) in [4.78, 5) is 9.13. The Hall–Kier alpha value is -2.43. The first-order chi connectivity index (χ1) is 10.3. The van der Waals surface area contributed by atoms with Crippen molar-refractivity contribution >= 4 is 17.2 Å². The predicted molar refractivity (Wildman–Crippen MR) is 86.1 cm³/mol. The van der Waals surface area contributed by atoms with Gasteiger partial charge in [-0.2, -0.15) is 4.98 Å². The smallest absolute Gasteiger partial charge is 0.238 e. The average Bonchev–Trinajstić information content (AvgIpc) is 2.56. The van der Waals surface area contributed by atoms with Crippen LogP contribution >= 0.6 is 0 Å². The van der Waals surface area contributed by atoms with Crippen LogP contribution in [-0.2, 0) is 0 Å². The number of nitrogens with two attached hydrogens (primary N) is 1. The van der Waals surface area contributed by atoms with Crippen LogP contribution in [0.1, 0.15) is 0 Å². The minimum Gasteiger partial charge on any atom is -0.479 e.